The molecule has 0 radical (unpaired) electrons. The second-order valence-corrected chi connectivity index (χ2v) is 4.43. The Kier molecular flexibility index (Phi) is 2.55. The molecule has 0 bridgehead atoms. The van der Waals surface area contributed by atoms with Crippen molar-refractivity contribution >= 4 is 17.6 Å². The van der Waals surface area contributed by atoms with E-state index < -0.39 is 0 Å². The number of piperidine rings is 1. The Morgan fingerprint density at radius 3 is 2.76 bits per heavy atom. The summed E-state index contributed by atoms with van der Waals surface area (Å²) >= 11 is 0. The Labute approximate surface area is 99.9 Å². The van der Waals surface area contributed by atoms with Gasteiger partial charge in [0.15, 0.2) is 12.1 Å². The first-order valence-electron chi connectivity index (χ1n) is 6.07. The largest absolute Gasteiger partial charge is 0.358 e. The lowest BCUT2D eigenvalue weighted by molar-refractivity contribution is 0.111. The standard InChI is InChI=1S/C13H15N3O/c17-10-12-14-9-11-5-4-6-13(16(11)12)15-7-2-1-3-8-15/h4-6,9-10H,1-3,7-8H2. The molecule has 0 unspecified atom stereocenters. The normalized spacial score (nSPS) is 16.4. The maximum atomic E-state index is 11.0. The summed E-state index contributed by atoms with van der Waals surface area (Å²) in [5.74, 6) is 1.57. The van der Waals surface area contributed by atoms with Crippen molar-refractivity contribution in [3.05, 3.63) is 30.2 Å². The molecule has 0 saturated carbocycles. The minimum atomic E-state index is 0.487. The van der Waals surface area contributed by atoms with E-state index in [1.54, 1.807) is 6.20 Å². The Bertz CT molecular complexity index is 541. The lowest BCUT2D eigenvalue weighted by Crippen LogP contribution is -2.31. The summed E-state index contributed by atoms with van der Waals surface area (Å²) in [5, 5.41) is 0. The molecule has 88 valence electrons. The second-order valence-electron chi connectivity index (χ2n) is 4.43. The zero-order valence-corrected chi connectivity index (χ0v) is 9.67. The van der Waals surface area contributed by atoms with Gasteiger partial charge in [0.2, 0.25) is 0 Å². The number of hydrogen-bond acceptors (Lipinski definition) is 3. The van der Waals surface area contributed by atoms with Crippen LogP contribution in [0.2, 0.25) is 0 Å². The average Bonchev–Trinajstić information content (AvgIpc) is 2.82. The van der Waals surface area contributed by atoms with E-state index in [-0.39, 0.29) is 0 Å². The predicted molar refractivity (Wildman–Crippen MR) is 66.6 cm³/mol. The van der Waals surface area contributed by atoms with Crippen molar-refractivity contribution in [1.29, 1.82) is 0 Å². The number of fused-ring (bicyclic) bond motifs is 1. The van der Waals surface area contributed by atoms with Crippen LogP contribution in [0.4, 0.5) is 5.82 Å². The molecule has 2 aromatic rings. The smallest absolute Gasteiger partial charge is 0.186 e. The second kappa shape index (κ2) is 4.20. The molecule has 17 heavy (non-hydrogen) atoms. The van der Waals surface area contributed by atoms with Gasteiger partial charge in [-0.15, -0.1) is 0 Å². The molecule has 3 rings (SSSR count). The number of pyridine rings is 1. The fourth-order valence-electron chi connectivity index (χ4n) is 2.51. The van der Waals surface area contributed by atoms with Gasteiger partial charge in [0.05, 0.1) is 11.7 Å². The van der Waals surface area contributed by atoms with Crippen LogP contribution in [-0.4, -0.2) is 28.8 Å². The minimum absolute atomic E-state index is 0.487. The highest BCUT2D eigenvalue weighted by Crippen LogP contribution is 2.22. The van der Waals surface area contributed by atoms with E-state index in [0.717, 1.165) is 30.7 Å². The Morgan fingerprint density at radius 2 is 2.00 bits per heavy atom. The van der Waals surface area contributed by atoms with Gasteiger partial charge in [0, 0.05) is 13.1 Å². The topological polar surface area (TPSA) is 37.6 Å². The summed E-state index contributed by atoms with van der Waals surface area (Å²) in [6.45, 7) is 2.13. The van der Waals surface area contributed by atoms with Gasteiger partial charge in [0.25, 0.3) is 0 Å². The Hall–Kier alpha value is -1.84. The van der Waals surface area contributed by atoms with Gasteiger partial charge < -0.3 is 4.90 Å². The molecule has 1 aliphatic heterocycles. The lowest BCUT2D eigenvalue weighted by Gasteiger charge is -2.29. The van der Waals surface area contributed by atoms with Crippen LogP contribution < -0.4 is 4.90 Å². The van der Waals surface area contributed by atoms with E-state index >= 15 is 0 Å². The van der Waals surface area contributed by atoms with E-state index in [2.05, 4.69) is 16.0 Å². The van der Waals surface area contributed by atoms with Crippen LogP contribution in [0.5, 0.6) is 0 Å². The van der Waals surface area contributed by atoms with Gasteiger partial charge in [-0.25, -0.2) is 4.98 Å². The molecule has 0 amide bonds. The molecular formula is C13H15N3O. The fourth-order valence-corrected chi connectivity index (χ4v) is 2.51. The van der Waals surface area contributed by atoms with E-state index in [0.29, 0.717) is 5.82 Å². The third kappa shape index (κ3) is 1.69. The molecule has 2 aromatic heterocycles. The molecular weight excluding hydrogens is 214 g/mol. The maximum absolute atomic E-state index is 11.0. The van der Waals surface area contributed by atoms with Gasteiger partial charge in [0.1, 0.15) is 5.82 Å². The summed E-state index contributed by atoms with van der Waals surface area (Å²) < 4.78 is 1.94. The fraction of sp³-hybridized carbons (Fsp3) is 0.385. The van der Waals surface area contributed by atoms with Gasteiger partial charge in [-0.05, 0) is 31.4 Å². The molecule has 1 saturated heterocycles. The molecule has 4 heteroatoms. The molecule has 0 spiro atoms. The van der Waals surface area contributed by atoms with Crippen LogP contribution >= 0.6 is 0 Å². The first-order valence-corrected chi connectivity index (χ1v) is 6.07. The number of imidazole rings is 1. The summed E-state index contributed by atoms with van der Waals surface area (Å²) in [7, 11) is 0. The van der Waals surface area contributed by atoms with E-state index in [9.17, 15) is 4.79 Å². The molecule has 4 nitrogen and oxygen atoms in total. The molecule has 1 fully saturated rings. The molecule has 0 atom stereocenters. The quantitative estimate of drug-likeness (QED) is 0.740. The van der Waals surface area contributed by atoms with Crippen LogP contribution in [0.15, 0.2) is 24.4 Å². The van der Waals surface area contributed by atoms with Crippen molar-refractivity contribution in [1.82, 2.24) is 9.38 Å². The van der Waals surface area contributed by atoms with Crippen LogP contribution in [0, 0.1) is 0 Å². The first kappa shape index (κ1) is 10.3. The number of anilines is 1. The molecule has 0 aromatic carbocycles. The Morgan fingerprint density at radius 1 is 1.18 bits per heavy atom. The summed E-state index contributed by atoms with van der Waals surface area (Å²) in [4.78, 5) is 17.5. The van der Waals surface area contributed by atoms with Crippen LogP contribution in [0.3, 0.4) is 0 Å². The van der Waals surface area contributed by atoms with E-state index in [1.165, 1.54) is 19.3 Å². The molecule has 0 aliphatic carbocycles. The van der Waals surface area contributed by atoms with Crippen molar-refractivity contribution in [3.8, 4) is 0 Å². The number of carbonyl (C=O) groups is 1. The van der Waals surface area contributed by atoms with Crippen molar-refractivity contribution < 1.29 is 4.79 Å². The third-order valence-corrected chi connectivity index (χ3v) is 3.34. The van der Waals surface area contributed by atoms with Crippen LogP contribution in [0.1, 0.15) is 29.9 Å². The Balaban J connectivity index is 2.13. The number of aldehydes is 1. The summed E-state index contributed by atoms with van der Waals surface area (Å²) in [6, 6.07) is 6.07. The highest BCUT2D eigenvalue weighted by molar-refractivity contribution is 5.74. The minimum Gasteiger partial charge on any atom is -0.358 e. The number of hydrogen-bond donors (Lipinski definition) is 0. The van der Waals surface area contributed by atoms with E-state index in [1.807, 2.05) is 16.5 Å². The lowest BCUT2D eigenvalue weighted by atomic mass is 10.1. The summed E-state index contributed by atoms with van der Waals surface area (Å²) in [5.41, 5.74) is 0.982. The molecule has 0 N–H and O–H groups in total. The monoisotopic (exact) mass is 229 g/mol. The first-order chi connectivity index (χ1) is 8.40. The number of aromatic nitrogens is 2. The number of carbonyl (C=O) groups excluding carboxylic acids is 1. The van der Waals surface area contributed by atoms with Crippen molar-refractivity contribution in [2.75, 3.05) is 18.0 Å². The van der Waals surface area contributed by atoms with Gasteiger partial charge in [-0.1, -0.05) is 6.07 Å². The highest BCUT2D eigenvalue weighted by atomic mass is 16.1. The number of nitrogens with zero attached hydrogens (tertiary/aromatic N) is 3. The van der Waals surface area contributed by atoms with Gasteiger partial charge >= 0.3 is 0 Å². The molecule has 1 aliphatic rings. The predicted octanol–water partition coefficient (Wildman–Crippen LogP) is 2.14. The zero-order chi connectivity index (χ0) is 11.7. The maximum Gasteiger partial charge on any atom is 0.186 e. The van der Waals surface area contributed by atoms with Crippen LogP contribution in [-0.2, 0) is 0 Å². The summed E-state index contributed by atoms with van der Waals surface area (Å²) in [6.07, 6.45) is 6.32. The van der Waals surface area contributed by atoms with Gasteiger partial charge in [-0.2, -0.15) is 0 Å². The number of rotatable bonds is 2. The average molecular weight is 229 g/mol. The van der Waals surface area contributed by atoms with Crippen molar-refractivity contribution in [3.63, 3.8) is 0 Å². The zero-order valence-electron chi connectivity index (χ0n) is 9.67. The van der Waals surface area contributed by atoms with Crippen LogP contribution in [0.25, 0.3) is 5.52 Å². The SMILES string of the molecule is O=Cc1ncc2cccc(N3CCCCC3)n12. The highest BCUT2D eigenvalue weighted by Gasteiger charge is 2.15. The van der Waals surface area contributed by atoms with E-state index in [4.69, 9.17) is 0 Å². The van der Waals surface area contributed by atoms with Gasteiger partial charge in [-0.3, -0.25) is 9.20 Å². The van der Waals surface area contributed by atoms with Crippen molar-refractivity contribution in [2.24, 2.45) is 0 Å². The molecule has 3 heterocycles. The third-order valence-electron chi connectivity index (χ3n) is 3.34. The van der Waals surface area contributed by atoms with Crippen molar-refractivity contribution in [2.45, 2.75) is 19.3 Å².